The van der Waals surface area contributed by atoms with Crippen molar-refractivity contribution >= 4 is 27.8 Å². The van der Waals surface area contributed by atoms with Gasteiger partial charge in [-0.15, -0.1) is 0 Å². The third kappa shape index (κ3) is 5.01. The first-order chi connectivity index (χ1) is 21.6. The molecule has 2 aliphatic rings. The number of benzene rings is 2. The van der Waals surface area contributed by atoms with Gasteiger partial charge in [0.25, 0.3) is 0 Å². The Kier molecular flexibility index (Phi) is 6.64. The summed E-state index contributed by atoms with van der Waals surface area (Å²) in [5.41, 5.74) is 11.7. The van der Waals surface area contributed by atoms with Gasteiger partial charge in [-0.1, -0.05) is 12.1 Å². The molecule has 0 aliphatic carbocycles. The van der Waals surface area contributed by atoms with Crippen LogP contribution in [0.4, 0.5) is 10.2 Å². The van der Waals surface area contributed by atoms with Gasteiger partial charge in [0.05, 0.1) is 40.8 Å². The Balaban J connectivity index is 1.11. The fraction of sp³-hybridized carbons (Fsp3) is 0.281. The minimum atomic E-state index is -0.353. The summed E-state index contributed by atoms with van der Waals surface area (Å²) in [5, 5.41) is 8.47. The van der Waals surface area contributed by atoms with Gasteiger partial charge in [0.1, 0.15) is 35.4 Å². The molecular weight excluding hydrogens is 559 g/mol. The monoisotopic (exact) mass is 590 g/mol. The number of anilines is 1. The van der Waals surface area contributed by atoms with Crippen LogP contribution in [0, 0.1) is 5.82 Å². The van der Waals surface area contributed by atoms with Crippen molar-refractivity contribution in [3.8, 4) is 39.8 Å². The van der Waals surface area contributed by atoms with Crippen LogP contribution in [0.1, 0.15) is 12.8 Å². The smallest absolute Gasteiger partial charge is 0.159 e. The van der Waals surface area contributed by atoms with Crippen LogP contribution < -0.4 is 15.4 Å². The summed E-state index contributed by atoms with van der Waals surface area (Å²) in [5.74, 6) is 1.52. The predicted molar refractivity (Wildman–Crippen MR) is 167 cm³/mol. The highest BCUT2D eigenvalue weighted by Gasteiger charge is 2.25. The molecule has 0 bridgehead atoms. The van der Waals surface area contributed by atoms with Crippen LogP contribution in [0.2, 0.25) is 0 Å². The van der Waals surface area contributed by atoms with Crippen LogP contribution >= 0.6 is 0 Å². The quantitative estimate of drug-likeness (QED) is 0.236. The number of aromatic amines is 2. The number of halogens is 1. The molecule has 0 unspecified atom stereocenters. The van der Waals surface area contributed by atoms with Gasteiger partial charge in [-0.25, -0.2) is 14.4 Å². The minimum absolute atomic E-state index is 0.161. The number of nitrogens with one attached hydrogen (secondary N) is 2. The molecule has 0 saturated carbocycles. The van der Waals surface area contributed by atoms with Crippen LogP contribution in [0.3, 0.4) is 0 Å². The Morgan fingerprint density at radius 2 is 1.86 bits per heavy atom. The molecule has 2 aliphatic heterocycles. The number of imidazole rings is 1. The summed E-state index contributed by atoms with van der Waals surface area (Å²) >= 11 is 0. The van der Waals surface area contributed by atoms with E-state index >= 15 is 0 Å². The van der Waals surface area contributed by atoms with Crippen LogP contribution in [-0.4, -0.2) is 85.4 Å². The van der Waals surface area contributed by atoms with Gasteiger partial charge in [-0.05, 0) is 55.8 Å². The van der Waals surface area contributed by atoms with Gasteiger partial charge < -0.3 is 20.4 Å². The Morgan fingerprint density at radius 1 is 0.977 bits per heavy atom. The van der Waals surface area contributed by atoms with Crippen molar-refractivity contribution in [2.24, 2.45) is 5.73 Å². The second kappa shape index (κ2) is 11.0. The SMILES string of the molecule is NC1CN(c2cncc(-c3cc4c(-c5nc6c(-c7cc(F)cc(OCCN8CCCC8)c7)cccc6[nH]5)n[nH]c4cn3)n2)C1. The molecule has 6 heterocycles. The van der Waals surface area contributed by atoms with E-state index in [-0.39, 0.29) is 11.9 Å². The summed E-state index contributed by atoms with van der Waals surface area (Å²) in [6.45, 7) is 5.07. The molecule has 0 spiro atoms. The average Bonchev–Trinajstić information content (AvgIpc) is 3.78. The molecule has 2 saturated heterocycles. The van der Waals surface area contributed by atoms with E-state index in [1.54, 1.807) is 18.6 Å². The zero-order valence-corrected chi connectivity index (χ0v) is 24.0. The lowest BCUT2D eigenvalue weighted by Gasteiger charge is -2.37. The van der Waals surface area contributed by atoms with Gasteiger partial charge in [0.15, 0.2) is 5.82 Å². The Labute approximate surface area is 252 Å². The highest BCUT2D eigenvalue weighted by Crippen LogP contribution is 2.34. The number of rotatable bonds is 8. The highest BCUT2D eigenvalue weighted by atomic mass is 19.1. The van der Waals surface area contributed by atoms with E-state index in [1.807, 2.05) is 30.3 Å². The fourth-order valence-corrected chi connectivity index (χ4v) is 6.05. The van der Waals surface area contributed by atoms with E-state index in [4.69, 9.17) is 20.4 Å². The number of ether oxygens (including phenoxy) is 1. The van der Waals surface area contributed by atoms with E-state index in [2.05, 4.69) is 34.9 Å². The molecule has 44 heavy (non-hydrogen) atoms. The maximum atomic E-state index is 14.8. The van der Waals surface area contributed by atoms with E-state index in [9.17, 15) is 4.39 Å². The number of para-hydroxylation sites is 1. The van der Waals surface area contributed by atoms with E-state index < -0.39 is 0 Å². The molecule has 2 fully saturated rings. The van der Waals surface area contributed by atoms with Gasteiger partial charge >= 0.3 is 0 Å². The van der Waals surface area contributed by atoms with Crippen LogP contribution in [0.15, 0.2) is 61.1 Å². The van der Waals surface area contributed by atoms with Crippen molar-refractivity contribution in [3.05, 3.63) is 66.9 Å². The summed E-state index contributed by atoms with van der Waals surface area (Å²) in [4.78, 5) is 26.6. The Hall–Kier alpha value is -4.94. The lowest BCUT2D eigenvalue weighted by Crippen LogP contribution is -2.56. The number of H-pyrrole nitrogens is 2. The maximum absolute atomic E-state index is 14.8. The predicted octanol–water partition coefficient (Wildman–Crippen LogP) is 4.39. The van der Waals surface area contributed by atoms with Crippen molar-refractivity contribution in [2.75, 3.05) is 44.2 Å². The number of nitrogens with zero attached hydrogens (tertiary/aromatic N) is 7. The number of pyridine rings is 1. The maximum Gasteiger partial charge on any atom is 0.159 e. The molecule has 12 heteroatoms. The highest BCUT2D eigenvalue weighted by molar-refractivity contribution is 5.97. The zero-order valence-electron chi connectivity index (χ0n) is 24.0. The second-order valence-electron chi connectivity index (χ2n) is 11.5. The molecule has 11 nitrogen and oxygen atoms in total. The summed E-state index contributed by atoms with van der Waals surface area (Å²) in [7, 11) is 0. The summed E-state index contributed by atoms with van der Waals surface area (Å²) in [6.07, 6.45) is 7.63. The lowest BCUT2D eigenvalue weighted by molar-refractivity contribution is 0.237. The van der Waals surface area contributed by atoms with Gasteiger partial charge in [-0.3, -0.25) is 20.0 Å². The third-order valence-electron chi connectivity index (χ3n) is 8.36. The van der Waals surface area contributed by atoms with Crippen molar-refractivity contribution in [2.45, 2.75) is 18.9 Å². The normalized spacial score (nSPS) is 15.8. The first-order valence-corrected chi connectivity index (χ1v) is 14.9. The number of nitrogens with two attached hydrogens (primary N) is 1. The van der Waals surface area contributed by atoms with Crippen molar-refractivity contribution in [1.82, 2.24) is 40.0 Å². The fourth-order valence-electron chi connectivity index (χ4n) is 6.05. The van der Waals surface area contributed by atoms with E-state index in [0.717, 1.165) is 60.5 Å². The first kappa shape index (κ1) is 26.7. The summed E-state index contributed by atoms with van der Waals surface area (Å²) < 4.78 is 20.7. The molecule has 8 rings (SSSR count). The van der Waals surface area contributed by atoms with Gasteiger partial charge in [0, 0.05) is 42.7 Å². The molecule has 4 N–H and O–H groups in total. The zero-order chi connectivity index (χ0) is 29.6. The number of likely N-dealkylation sites (tertiary alicyclic amines) is 1. The van der Waals surface area contributed by atoms with Gasteiger partial charge in [0.2, 0.25) is 0 Å². The minimum Gasteiger partial charge on any atom is -0.492 e. The first-order valence-electron chi connectivity index (χ1n) is 14.9. The average molecular weight is 591 g/mol. The summed E-state index contributed by atoms with van der Waals surface area (Å²) in [6, 6.07) is 12.7. The topological polar surface area (TPSA) is 138 Å². The number of hydrogen-bond acceptors (Lipinski definition) is 9. The van der Waals surface area contributed by atoms with E-state index in [0.29, 0.717) is 46.3 Å². The molecule has 0 amide bonds. The largest absolute Gasteiger partial charge is 0.492 e. The molecule has 2 aromatic carbocycles. The molecule has 222 valence electrons. The van der Waals surface area contributed by atoms with E-state index in [1.165, 1.54) is 25.0 Å². The lowest BCUT2D eigenvalue weighted by atomic mass is 10.0. The Bertz CT molecular complexity index is 1980. The molecule has 6 aromatic rings. The van der Waals surface area contributed by atoms with Crippen molar-refractivity contribution in [3.63, 3.8) is 0 Å². The van der Waals surface area contributed by atoms with Crippen LogP contribution in [0.5, 0.6) is 5.75 Å². The van der Waals surface area contributed by atoms with Crippen molar-refractivity contribution < 1.29 is 9.13 Å². The number of aromatic nitrogens is 7. The van der Waals surface area contributed by atoms with Crippen molar-refractivity contribution in [1.29, 1.82) is 0 Å². The molecule has 0 radical (unpaired) electrons. The van der Waals surface area contributed by atoms with Crippen LogP contribution in [0.25, 0.3) is 56.0 Å². The van der Waals surface area contributed by atoms with Gasteiger partial charge in [-0.2, -0.15) is 5.10 Å². The molecule has 4 aromatic heterocycles. The molecular formula is C32H31FN10O. The molecule has 0 atom stereocenters. The number of hydrogen-bond donors (Lipinski definition) is 3. The van der Waals surface area contributed by atoms with Crippen LogP contribution in [-0.2, 0) is 0 Å². The Morgan fingerprint density at radius 3 is 2.73 bits per heavy atom. The second-order valence-corrected chi connectivity index (χ2v) is 11.5. The third-order valence-corrected chi connectivity index (χ3v) is 8.36. The number of fused-ring (bicyclic) bond motifs is 2. The standard InChI is InChI=1S/C32H31FN10O/c33-20-10-19(11-22(12-20)44-9-8-42-6-1-2-7-42)23-4-3-5-25-30(23)39-32(38-25)31-24-13-26(36-15-27(24)40-41-31)28-14-35-16-29(37-28)43-17-21(34)18-43/h3-5,10-16,21H,1-2,6-9,17-18,34H2,(H,38,39)(H,40,41).